The van der Waals surface area contributed by atoms with Crippen molar-refractivity contribution in [2.45, 2.75) is 37.3 Å². The minimum atomic E-state index is 0.143. The molecule has 0 unspecified atom stereocenters. The number of hydrogen-bond acceptors (Lipinski definition) is 2. The Balaban J connectivity index is 3.11. The number of carbonyl (C=O) groups is 1. The molecule has 0 atom stereocenters. The molecule has 1 aromatic rings. The van der Waals surface area contributed by atoms with Gasteiger partial charge in [-0.1, -0.05) is 39.0 Å². The van der Waals surface area contributed by atoms with Gasteiger partial charge in [0.25, 0.3) is 0 Å². The molecular weight excluding hydrogens is 192 g/mol. The first-order valence-corrected chi connectivity index (χ1v) is 5.49. The molecule has 0 fully saturated rings. The highest BCUT2D eigenvalue weighted by Crippen LogP contribution is 2.35. The van der Waals surface area contributed by atoms with Crippen LogP contribution in [0.3, 0.4) is 0 Å². The lowest BCUT2D eigenvalue weighted by Gasteiger charge is -2.20. The van der Waals surface area contributed by atoms with E-state index in [1.54, 1.807) is 11.8 Å². The average Bonchev–Trinajstić information content (AvgIpc) is 2.06. The van der Waals surface area contributed by atoms with E-state index < -0.39 is 0 Å². The highest BCUT2D eigenvalue weighted by Gasteiger charge is 2.15. The van der Waals surface area contributed by atoms with E-state index in [9.17, 15) is 4.79 Å². The highest BCUT2D eigenvalue weighted by atomic mass is 32.2. The van der Waals surface area contributed by atoms with Gasteiger partial charge < -0.3 is 0 Å². The van der Waals surface area contributed by atoms with Crippen molar-refractivity contribution in [3.05, 3.63) is 29.3 Å². The van der Waals surface area contributed by atoms with Crippen LogP contribution in [-0.4, -0.2) is 11.0 Å². The molecule has 1 nitrogen and oxygen atoms in total. The summed E-state index contributed by atoms with van der Waals surface area (Å²) in [5.41, 5.74) is 1.97. The lowest BCUT2D eigenvalue weighted by Crippen LogP contribution is -2.08. The molecule has 0 saturated heterocycles. The van der Waals surface area contributed by atoms with Gasteiger partial charge in [-0.25, -0.2) is 0 Å². The predicted octanol–water partition coefficient (Wildman–Crippen LogP) is 3.70. The first kappa shape index (κ1) is 11.3. The normalized spacial score (nSPS) is 11.4. The smallest absolute Gasteiger partial charge is 0.151 e. The minimum Gasteiger partial charge on any atom is -0.298 e. The largest absolute Gasteiger partial charge is 0.298 e. The fourth-order valence-electron chi connectivity index (χ4n) is 1.21. The zero-order chi connectivity index (χ0) is 10.8. The lowest BCUT2D eigenvalue weighted by atomic mass is 10.1. The molecule has 0 aliphatic heterocycles. The molecule has 0 amide bonds. The molecule has 0 heterocycles. The number of aryl methyl sites for hydroxylation is 1. The van der Waals surface area contributed by atoms with Crippen molar-refractivity contribution in [3.8, 4) is 0 Å². The number of thioether (sulfide) groups is 1. The van der Waals surface area contributed by atoms with Crippen molar-refractivity contribution in [3.63, 3.8) is 0 Å². The Hall–Kier alpha value is -0.760. The van der Waals surface area contributed by atoms with Gasteiger partial charge in [0.15, 0.2) is 6.29 Å². The van der Waals surface area contributed by atoms with Gasteiger partial charge in [-0.15, -0.1) is 11.8 Å². The number of carbonyl (C=O) groups excluding carboxylic acids is 1. The fourth-order valence-corrected chi connectivity index (χ4v) is 2.29. The van der Waals surface area contributed by atoms with Crippen LogP contribution < -0.4 is 0 Å². The summed E-state index contributed by atoms with van der Waals surface area (Å²) in [7, 11) is 0. The van der Waals surface area contributed by atoms with Crippen LogP contribution in [0.4, 0.5) is 0 Å². The van der Waals surface area contributed by atoms with Crippen LogP contribution in [0.25, 0.3) is 0 Å². The van der Waals surface area contributed by atoms with Crippen molar-refractivity contribution >= 4 is 18.0 Å². The average molecular weight is 208 g/mol. The Morgan fingerprint density at radius 3 is 2.43 bits per heavy atom. The SMILES string of the molecule is Cc1cccc(C=O)c1SC(C)(C)C. The molecule has 76 valence electrons. The van der Waals surface area contributed by atoms with Gasteiger partial charge in [-0.2, -0.15) is 0 Å². The Morgan fingerprint density at radius 2 is 1.93 bits per heavy atom. The summed E-state index contributed by atoms with van der Waals surface area (Å²) < 4.78 is 0.143. The molecule has 0 aromatic heterocycles. The van der Waals surface area contributed by atoms with Crippen molar-refractivity contribution in [1.29, 1.82) is 0 Å². The maximum Gasteiger partial charge on any atom is 0.151 e. The summed E-state index contributed by atoms with van der Waals surface area (Å²) in [5, 5.41) is 0. The molecule has 0 N–H and O–H groups in total. The summed E-state index contributed by atoms with van der Waals surface area (Å²) in [6.07, 6.45) is 0.932. The van der Waals surface area contributed by atoms with Crippen LogP contribution in [0, 0.1) is 6.92 Å². The maximum absolute atomic E-state index is 10.9. The first-order chi connectivity index (χ1) is 6.44. The second-order valence-electron chi connectivity index (χ2n) is 4.33. The van der Waals surface area contributed by atoms with Crippen molar-refractivity contribution in [2.24, 2.45) is 0 Å². The van der Waals surface area contributed by atoms with Crippen LogP contribution in [0.2, 0.25) is 0 Å². The van der Waals surface area contributed by atoms with E-state index in [1.807, 2.05) is 25.1 Å². The third kappa shape index (κ3) is 2.88. The number of aldehydes is 1. The Kier molecular flexibility index (Phi) is 3.38. The van der Waals surface area contributed by atoms with Gasteiger partial charge in [0, 0.05) is 15.2 Å². The molecule has 1 rings (SSSR count). The summed E-state index contributed by atoms with van der Waals surface area (Å²) >= 11 is 1.75. The van der Waals surface area contributed by atoms with E-state index in [0.717, 1.165) is 16.7 Å². The predicted molar refractivity (Wildman–Crippen MR) is 62.2 cm³/mol. The van der Waals surface area contributed by atoms with Crippen LogP contribution in [-0.2, 0) is 0 Å². The van der Waals surface area contributed by atoms with E-state index >= 15 is 0 Å². The summed E-state index contributed by atoms with van der Waals surface area (Å²) in [6.45, 7) is 8.50. The van der Waals surface area contributed by atoms with Crippen LogP contribution in [0.15, 0.2) is 23.1 Å². The van der Waals surface area contributed by atoms with Gasteiger partial charge in [0.05, 0.1) is 0 Å². The standard InChI is InChI=1S/C12H16OS/c1-9-6-5-7-10(8-13)11(9)14-12(2,3)4/h5-8H,1-4H3. The van der Waals surface area contributed by atoms with Crippen molar-refractivity contribution in [2.75, 3.05) is 0 Å². The number of hydrogen-bond donors (Lipinski definition) is 0. The Labute approximate surface area is 89.9 Å². The number of rotatable bonds is 2. The lowest BCUT2D eigenvalue weighted by molar-refractivity contribution is 0.112. The van der Waals surface area contributed by atoms with Crippen LogP contribution in [0.5, 0.6) is 0 Å². The summed E-state index contributed by atoms with van der Waals surface area (Å²) in [5.74, 6) is 0. The van der Waals surface area contributed by atoms with Gasteiger partial charge >= 0.3 is 0 Å². The molecule has 14 heavy (non-hydrogen) atoms. The molecule has 0 saturated carbocycles. The molecule has 1 aromatic carbocycles. The third-order valence-corrected chi connectivity index (χ3v) is 3.15. The summed E-state index contributed by atoms with van der Waals surface area (Å²) in [4.78, 5) is 12.0. The van der Waals surface area contributed by atoms with Crippen LogP contribution >= 0.6 is 11.8 Å². The van der Waals surface area contributed by atoms with Gasteiger partial charge in [-0.3, -0.25) is 4.79 Å². The van der Waals surface area contributed by atoms with Crippen LogP contribution in [0.1, 0.15) is 36.7 Å². The third-order valence-electron chi connectivity index (χ3n) is 1.78. The number of benzene rings is 1. The molecule has 0 aliphatic carbocycles. The van der Waals surface area contributed by atoms with E-state index in [-0.39, 0.29) is 4.75 Å². The summed E-state index contributed by atoms with van der Waals surface area (Å²) in [6, 6.07) is 5.83. The molecule has 0 bridgehead atoms. The Morgan fingerprint density at radius 1 is 1.29 bits per heavy atom. The van der Waals surface area contributed by atoms with Gasteiger partial charge in [0.2, 0.25) is 0 Å². The van der Waals surface area contributed by atoms with E-state index in [4.69, 9.17) is 0 Å². The first-order valence-electron chi connectivity index (χ1n) is 4.68. The zero-order valence-corrected chi connectivity index (χ0v) is 9.94. The van der Waals surface area contributed by atoms with E-state index in [1.165, 1.54) is 5.56 Å². The van der Waals surface area contributed by atoms with Crippen molar-refractivity contribution in [1.82, 2.24) is 0 Å². The van der Waals surface area contributed by atoms with Crippen molar-refractivity contribution < 1.29 is 4.79 Å². The highest BCUT2D eigenvalue weighted by molar-refractivity contribution is 8.00. The molecule has 2 heteroatoms. The molecular formula is C12H16OS. The molecule has 0 aliphatic rings. The van der Waals surface area contributed by atoms with E-state index in [2.05, 4.69) is 20.8 Å². The quantitative estimate of drug-likeness (QED) is 0.544. The monoisotopic (exact) mass is 208 g/mol. The molecule has 0 spiro atoms. The maximum atomic E-state index is 10.9. The van der Waals surface area contributed by atoms with Gasteiger partial charge in [0.1, 0.15) is 0 Å². The topological polar surface area (TPSA) is 17.1 Å². The molecule has 0 radical (unpaired) electrons. The minimum absolute atomic E-state index is 0.143. The second-order valence-corrected chi connectivity index (χ2v) is 6.16. The zero-order valence-electron chi connectivity index (χ0n) is 9.13. The van der Waals surface area contributed by atoms with Gasteiger partial charge in [-0.05, 0) is 12.5 Å². The second kappa shape index (κ2) is 4.18. The fraction of sp³-hybridized carbons (Fsp3) is 0.417. The van der Waals surface area contributed by atoms with E-state index in [0.29, 0.717) is 0 Å². The Bertz CT molecular complexity index is 337.